The normalized spacial score (nSPS) is 19.7. The molecule has 1 saturated heterocycles. The summed E-state index contributed by atoms with van der Waals surface area (Å²) in [5.41, 5.74) is -1.65. The lowest BCUT2D eigenvalue weighted by molar-refractivity contribution is -0.143. The van der Waals surface area contributed by atoms with Gasteiger partial charge < -0.3 is 14.5 Å². The zero-order valence-corrected chi connectivity index (χ0v) is 24.2. The summed E-state index contributed by atoms with van der Waals surface area (Å²) in [6.45, 7) is 2.55. The van der Waals surface area contributed by atoms with E-state index in [1.54, 1.807) is 30.3 Å². The molecule has 3 heterocycles. The molecule has 2 atom stereocenters. The number of carbonyl (C=O) groups excluding carboxylic acids is 2. The van der Waals surface area contributed by atoms with Crippen molar-refractivity contribution in [1.29, 1.82) is 0 Å². The van der Waals surface area contributed by atoms with Gasteiger partial charge in [-0.15, -0.1) is 11.3 Å². The average Bonchev–Trinajstić information content (AvgIpc) is 3.44. The van der Waals surface area contributed by atoms with E-state index in [0.717, 1.165) is 17.5 Å². The van der Waals surface area contributed by atoms with E-state index in [1.165, 1.54) is 9.78 Å². The number of piperazine rings is 1. The Morgan fingerprint density at radius 1 is 0.930 bits per heavy atom. The molecule has 0 spiro atoms. The third-order valence-corrected chi connectivity index (χ3v) is 8.91. The van der Waals surface area contributed by atoms with Gasteiger partial charge in [0.1, 0.15) is 5.75 Å². The van der Waals surface area contributed by atoms with Crippen LogP contribution in [0.25, 0.3) is 0 Å². The highest BCUT2D eigenvalue weighted by Crippen LogP contribution is 2.39. The highest BCUT2D eigenvalue weighted by Gasteiger charge is 2.39. The smallest absolute Gasteiger partial charge is 0.416 e. The van der Waals surface area contributed by atoms with E-state index in [2.05, 4.69) is 11.0 Å². The van der Waals surface area contributed by atoms with E-state index < -0.39 is 41.0 Å². The third kappa shape index (κ3) is 6.52. The summed E-state index contributed by atoms with van der Waals surface area (Å²) >= 11 is 1.68. The van der Waals surface area contributed by atoms with Crippen molar-refractivity contribution < 1.29 is 40.7 Å². The average molecular weight is 626 g/mol. The van der Waals surface area contributed by atoms with Gasteiger partial charge in [0.05, 0.1) is 30.8 Å². The molecular formula is C30H29F6N3O3S. The van der Waals surface area contributed by atoms with Gasteiger partial charge >= 0.3 is 12.4 Å². The van der Waals surface area contributed by atoms with Crippen molar-refractivity contribution in [3.8, 4) is 5.75 Å². The highest BCUT2D eigenvalue weighted by atomic mass is 32.1. The maximum Gasteiger partial charge on any atom is 0.416 e. The molecule has 0 unspecified atom stereocenters. The fourth-order valence-electron chi connectivity index (χ4n) is 5.72. The zero-order chi connectivity index (χ0) is 31.1. The van der Waals surface area contributed by atoms with Crippen molar-refractivity contribution in [1.82, 2.24) is 14.7 Å². The molecule has 6 nitrogen and oxygen atoms in total. The number of methoxy groups -OCH3 is 1. The van der Waals surface area contributed by atoms with Gasteiger partial charge in [-0.2, -0.15) is 26.3 Å². The molecule has 43 heavy (non-hydrogen) atoms. The van der Waals surface area contributed by atoms with Crippen LogP contribution >= 0.6 is 11.3 Å². The van der Waals surface area contributed by atoms with E-state index in [-0.39, 0.29) is 44.2 Å². The Labute approximate surface area is 248 Å². The van der Waals surface area contributed by atoms with Crippen molar-refractivity contribution in [2.75, 3.05) is 39.8 Å². The Morgan fingerprint density at radius 3 is 2.16 bits per heavy atom. The first-order valence-electron chi connectivity index (χ1n) is 13.6. The largest absolute Gasteiger partial charge is 0.497 e. The summed E-state index contributed by atoms with van der Waals surface area (Å²) in [5.74, 6) is -0.403. The molecule has 0 radical (unpaired) electrons. The first-order chi connectivity index (χ1) is 20.3. The summed E-state index contributed by atoms with van der Waals surface area (Å²) in [7, 11) is 1.59. The second-order valence-electron chi connectivity index (χ2n) is 10.7. The molecule has 13 heteroatoms. The number of hydrogen-bond acceptors (Lipinski definition) is 5. The number of hydrogen-bond donors (Lipinski definition) is 0. The number of ether oxygens (including phenoxy) is 1. The predicted molar refractivity (Wildman–Crippen MR) is 148 cm³/mol. The molecular weight excluding hydrogens is 596 g/mol. The van der Waals surface area contributed by atoms with Crippen molar-refractivity contribution in [2.45, 2.75) is 37.8 Å². The van der Waals surface area contributed by atoms with Crippen LogP contribution < -0.4 is 4.74 Å². The summed E-state index contributed by atoms with van der Waals surface area (Å²) < 4.78 is 85.3. The maximum absolute atomic E-state index is 13.5. The van der Waals surface area contributed by atoms with E-state index in [9.17, 15) is 35.9 Å². The van der Waals surface area contributed by atoms with Crippen LogP contribution in [0.3, 0.4) is 0 Å². The van der Waals surface area contributed by atoms with Crippen LogP contribution in [0.4, 0.5) is 26.3 Å². The molecule has 2 amide bonds. The summed E-state index contributed by atoms with van der Waals surface area (Å²) in [4.78, 5) is 32.9. The predicted octanol–water partition coefficient (Wildman–Crippen LogP) is 6.11. The Kier molecular flexibility index (Phi) is 8.50. The molecule has 0 bridgehead atoms. The number of rotatable bonds is 5. The van der Waals surface area contributed by atoms with Crippen molar-refractivity contribution in [2.24, 2.45) is 0 Å². The minimum atomic E-state index is -5.06. The molecule has 2 aliphatic heterocycles. The quantitative estimate of drug-likeness (QED) is 0.321. The molecule has 1 fully saturated rings. The second-order valence-corrected chi connectivity index (χ2v) is 11.7. The SMILES string of the molecule is COc1ccc([C@H]2c3ccsc3CCN2CC(=O)N2CCN(C(=O)c3cc(C(F)(F)F)cc(C(F)(F)F)c3)[C@@H](C)C2)cc1. The minimum absolute atomic E-state index is 0.00430. The van der Waals surface area contributed by atoms with Gasteiger partial charge in [0, 0.05) is 42.7 Å². The molecule has 1 aromatic heterocycles. The fraction of sp³-hybridized carbons (Fsp3) is 0.400. The summed E-state index contributed by atoms with van der Waals surface area (Å²) in [6.07, 6.45) is -9.33. The second kappa shape index (κ2) is 11.8. The first kappa shape index (κ1) is 30.9. The molecule has 0 saturated carbocycles. The Hall–Kier alpha value is -3.58. The van der Waals surface area contributed by atoms with Crippen LogP contribution in [0.1, 0.15) is 50.5 Å². The number of halogens is 6. The minimum Gasteiger partial charge on any atom is -0.497 e. The van der Waals surface area contributed by atoms with Crippen LogP contribution in [0.2, 0.25) is 0 Å². The van der Waals surface area contributed by atoms with Gasteiger partial charge in [-0.1, -0.05) is 12.1 Å². The molecule has 2 aliphatic rings. The first-order valence-corrected chi connectivity index (χ1v) is 14.5. The standard InChI is InChI=1S/C30H29F6N3O3S/c1-18-16-37(10-11-39(18)28(41)20-13-21(29(31,32)33)15-22(14-20)30(34,35)36)26(40)17-38-9-7-25-24(8-12-43-25)27(38)19-3-5-23(42-2)6-4-19/h3-6,8,12-15,18,27H,7,9-11,16-17H2,1-2H3/t18-,27-/m0/s1. The Balaban J connectivity index is 1.30. The lowest BCUT2D eigenvalue weighted by Crippen LogP contribution is -2.57. The van der Waals surface area contributed by atoms with Gasteiger partial charge in [0.25, 0.3) is 5.91 Å². The summed E-state index contributed by atoms with van der Waals surface area (Å²) in [5, 5.41) is 2.03. The van der Waals surface area contributed by atoms with Crippen LogP contribution in [0.5, 0.6) is 5.75 Å². The monoisotopic (exact) mass is 625 g/mol. The van der Waals surface area contributed by atoms with E-state index in [4.69, 9.17) is 4.74 Å². The van der Waals surface area contributed by atoms with Gasteiger partial charge in [-0.05, 0) is 66.2 Å². The van der Waals surface area contributed by atoms with E-state index >= 15 is 0 Å². The number of fused-ring (bicyclic) bond motifs is 1. The number of carbonyl (C=O) groups is 2. The number of alkyl halides is 6. The number of thiophene rings is 1. The molecule has 2 aromatic carbocycles. The van der Waals surface area contributed by atoms with Crippen LogP contribution in [-0.2, 0) is 23.6 Å². The molecule has 0 N–H and O–H groups in total. The summed E-state index contributed by atoms with van der Waals surface area (Å²) in [6, 6.07) is 9.85. The van der Waals surface area contributed by atoms with E-state index in [1.807, 2.05) is 29.6 Å². The molecule has 230 valence electrons. The Bertz CT molecular complexity index is 1460. The number of amides is 2. The fourth-order valence-corrected chi connectivity index (χ4v) is 6.62. The van der Waals surface area contributed by atoms with Crippen molar-refractivity contribution >= 4 is 23.2 Å². The topological polar surface area (TPSA) is 53.1 Å². The molecule has 5 rings (SSSR count). The highest BCUT2D eigenvalue weighted by molar-refractivity contribution is 7.10. The number of benzene rings is 2. The lowest BCUT2D eigenvalue weighted by Gasteiger charge is -2.42. The maximum atomic E-state index is 13.5. The van der Waals surface area contributed by atoms with Gasteiger partial charge in [0.2, 0.25) is 5.91 Å². The van der Waals surface area contributed by atoms with Crippen molar-refractivity contribution in [3.05, 3.63) is 86.6 Å². The number of nitrogens with zero attached hydrogens (tertiary/aromatic N) is 3. The van der Waals surface area contributed by atoms with Crippen LogP contribution in [0, 0.1) is 0 Å². The van der Waals surface area contributed by atoms with Crippen molar-refractivity contribution in [3.63, 3.8) is 0 Å². The van der Waals surface area contributed by atoms with Crippen LogP contribution in [-0.4, -0.2) is 72.4 Å². The van der Waals surface area contributed by atoms with Crippen LogP contribution in [0.15, 0.2) is 53.9 Å². The molecule has 3 aromatic rings. The lowest BCUT2D eigenvalue weighted by atomic mass is 9.93. The van der Waals surface area contributed by atoms with Gasteiger partial charge in [0.15, 0.2) is 0 Å². The third-order valence-electron chi connectivity index (χ3n) is 7.91. The van der Waals surface area contributed by atoms with Gasteiger partial charge in [-0.3, -0.25) is 14.5 Å². The van der Waals surface area contributed by atoms with Gasteiger partial charge in [-0.25, -0.2) is 0 Å². The zero-order valence-electron chi connectivity index (χ0n) is 23.3. The van der Waals surface area contributed by atoms with E-state index in [0.29, 0.717) is 24.4 Å². The molecule has 0 aliphatic carbocycles. The Morgan fingerprint density at radius 2 is 1.58 bits per heavy atom.